The molecule has 0 aromatic heterocycles. The van der Waals surface area contributed by atoms with Crippen molar-refractivity contribution in [3.05, 3.63) is 30.1 Å². The summed E-state index contributed by atoms with van der Waals surface area (Å²) < 4.78 is 18.5. The molecular weight excluding hydrogens is 253 g/mol. The third-order valence-corrected chi connectivity index (χ3v) is 2.53. The quantitative estimate of drug-likeness (QED) is 0.822. The maximum atomic E-state index is 13.3. The Morgan fingerprint density at radius 1 is 1.42 bits per heavy atom. The van der Waals surface area contributed by atoms with Crippen molar-refractivity contribution < 1.29 is 23.8 Å². The molecule has 6 heteroatoms. The van der Waals surface area contributed by atoms with Gasteiger partial charge in [-0.1, -0.05) is 19.1 Å². The first-order chi connectivity index (χ1) is 8.95. The molecule has 0 aliphatic heterocycles. The van der Waals surface area contributed by atoms with Gasteiger partial charge in [0.05, 0.1) is 0 Å². The Bertz CT molecular complexity index is 464. The minimum absolute atomic E-state index is 0.0477. The van der Waals surface area contributed by atoms with Crippen molar-refractivity contribution in [2.75, 3.05) is 0 Å². The highest BCUT2D eigenvalue weighted by atomic mass is 19.1. The molecule has 1 unspecified atom stereocenters. The van der Waals surface area contributed by atoms with Crippen molar-refractivity contribution in [3.63, 3.8) is 0 Å². The number of para-hydroxylation sites is 1. The summed E-state index contributed by atoms with van der Waals surface area (Å²) in [5.74, 6) is -2.34. The average Bonchev–Trinajstić information content (AvgIpc) is 2.37. The first-order valence-electron chi connectivity index (χ1n) is 5.90. The van der Waals surface area contributed by atoms with Crippen LogP contribution in [0.15, 0.2) is 24.3 Å². The highest BCUT2D eigenvalue weighted by molar-refractivity contribution is 5.86. The summed E-state index contributed by atoms with van der Waals surface area (Å²) >= 11 is 0. The first-order valence-corrected chi connectivity index (χ1v) is 5.90. The molecule has 0 aliphatic carbocycles. The summed E-state index contributed by atoms with van der Waals surface area (Å²) in [6.07, 6.45) is -0.724. The van der Waals surface area contributed by atoms with Crippen LogP contribution in [0, 0.1) is 5.82 Å². The maximum Gasteiger partial charge on any atom is 0.326 e. The molecule has 1 amide bonds. The average molecular weight is 269 g/mol. The molecule has 0 bridgehead atoms. The van der Waals surface area contributed by atoms with Crippen molar-refractivity contribution >= 4 is 11.9 Å². The normalized spacial score (nSPS) is 13.4. The monoisotopic (exact) mass is 269 g/mol. The van der Waals surface area contributed by atoms with E-state index in [-0.39, 0.29) is 12.2 Å². The molecule has 1 aromatic rings. The number of carboxylic acids is 1. The smallest absolute Gasteiger partial charge is 0.326 e. The Hall–Kier alpha value is -2.11. The van der Waals surface area contributed by atoms with Gasteiger partial charge in [-0.25, -0.2) is 9.18 Å². The van der Waals surface area contributed by atoms with Gasteiger partial charge in [-0.15, -0.1) is 0 Å². The number of carbonyl (C=O) groups is 2. The predicted molar refractivity (Wildman–Crippen MR) is 66.3 cm³/mol. The SMILES string of the molecule is CC[C@H](NC(=O)C(C)Oc1ccccc1F)C(=O)O. The van der Waals surface area contributed by atoms with Crippen molar-refractivity contribution in [1.82, 2.24) is 5.32 Å². The summed E-state index contributed by atoms with van der Waals surface area (Å²) in [4.78, 5) is 22.5. The van der Waals surface area contributed by atoms with Gasteiger partial charge in [0.2, 0.25) is 0 Å². The molecule has 0 radical (unpaired) electrons. The van der Waals surface area contributed by atoms with E-state index in [9.17, 15) is 14.0 Å². The highest BCUT2D eigenvalue weighted by Gasteiger charge is 2.22. The molecule has 0 spiro atoms. The summed E-state index contributed by atoms with van der Waals surface area (Å²) in [6.45, 7) is 3.07. The molecule has 5 nitrogen and oxygen atoms in total. The van der Waals surface area contributed by atoms with Gasteiger partial charge in [-0.05, 0) is 25.5 Å². The van der Waals surface area contributed by atoms with E-state index in [1.165, 1.54) is 25.1 Å². The van der Waals surface area contributed by atoms with E-state index in [4.69, 9.17) is 9.84 Å². The fourth-order valence-electron chi connectivity index (χ4n) is 1.41. The molecular formula is C13H16FNO4. The second-order valence-electron chi connectivity index (χ2n) is 4.00. The number of benzene rings is 1. The maximum absolute atomic E-state index is 13.3. The number of amides is 1. The molecule has 0 aliphatic rings. The van der Waals surface area contributed by atoms with E-state index in [2.05, 4.69) is 5.32 Å². The van der Waals surface area contributed by atoms with Gasteiger partial charge < -0.3 is 15.2 Å². The zero-order chi connectivity index (χ0) is 14.4. The minimum atomic E-state index is -1.12. The van der Waals surface area contributed by atoms with E-state index < -0.39 is 29.8 Å². The van der Waals surface area contributed by atoms with E-state index in [0.29, 0.717) is 0 Å². The molecule has 1 rings (SSSR count). The number of ether oxygens (including phenoxy) is 1. The fraction of sp³-hybridized carbons (Fsp3) is 0.385. The van der Waals surface area contributed by atoms with Crippen LogP contribution >= 0.6 is 0 Å². The molecule has 0 saturated heterocycles. The van der Waals surface area contributed by atoms with Gasteiger partial charge in [-0.2, -0.15) is 0 Å². The second-order valence-corrected chi connectivity index (χ2v) is 4.00. The van der Waals surface area contributed by atoms with E-state index in [1.54, 1.807) is 13.0 Å². The zero-order valence-electron chi connectivity index (χ0n) is 10.7. The third-order valence-electron chi connectivity index (χ3n) is 2.53. The molecule has 2 atom stereocenters. The number of hydrogen-bond acceptors (Lipinski definition) is 3. The van der Waals surface area contributed by atoms with Crippen LogP contribution in [-0.4, -0.2) is 29.1 Å². The van der Waals surface area contributed by atoms with Crippen LogP contribution < -0.4 is 10.1 Å². The van der Waals surface area contributed by atoms with E-state index in [0.717, 1.165) is 0 Å². The van der Waals surface area contributed by atoms with Gasteiger partial charge in [0, 0.05) is 0 Å². The third kappa shape index (κ3) is 4.24. The fourth-order valence-corrected chi connectivity index (χ4v) is 1.41. The summed E-state index contributed by atoms with van der Waals surface area (Å²) in [5, 5.41) is 11.1. The number of hydrogen-bond donors (Lipinski definition) is 2. The predicted octanol–water partition coefficient (Wildman–Crippen LogP) is 1.57. The lowest BCUT2D eigenvalue weighted by molar-refractivity contribution is -0.143. The van der Waals surface area contributed by atoms with Gasteiger partial charge in [0.15, 0.2) is 17.7 Å². The number of carboxylic acid groups (broad SMARTS) is 1. The number of aliphatic carboxylic acids is 1. The van der Waals surface area contributed by atoms with Crippen LogP contribution in [0.2, 0.25) is 0 Å². The lowest BCUT2D eigenvalue weighted by atomic mass is 10.2. The van der Waals surface area contributed by atoms with Gasteiger partial charge in [-0.3, -0.25) is 4.79 Å². The standard InChI is InChI=1S/C13H16FNO4/c1-3-10(13(17)18)15-12(16)8(2)19-11-7-5-4-6-9(11)14/h4-8,10H,3H2,1-2H3,(H,15,16)(H,17,18)/t8?,10-/m0/s1. The molecule has 0 saturated carbocycles. The Balaban J connectivity index is 2.63. The highest BCUT2D eigenvalue weighted by Crippen LogP contribution is 2.17. The van der Waals surface area contributed by atoms with Crippen LogP contribution in [-0.2, 0) is 9.59 Å². The number of rotatable bonds is 6. The minimum Gasteiger partial charge on any atom is -0.480 e. The van der Waals surface area contributed by atoms with Crippen LogP contribution in [0.5, 0.6) is 5.75 Å². The van der Waals surface area contributed by atoms with E-state index in [1.807, 2.05) is 0 Å². The molecule has 0 fully saturated rings. The van der Waals surface area contributed by atoms with Gasteiger partial charge in [0.1, 0.15) is 6.04 Å². The molecule has 104 valence electrons. The molecule has 2 N–H and O–H groups in total. The van der Waals surface area contributed by atoms with Crippen molar-refractivity contribution in [1.29, 1.82) is 0 Å². The number of carbonyl (C=O) groups excluding carboxylic acids is 1. The zero-order valence-corrected chi connectivity index (χ0v) is 10.7. The van der Waals surface area contributed by atoms with Crippen LogP contribution in [0.3, 0.4) is 0 Å². The van der Waals surface area contributed by atoms with Crippen molar-refractivity contribution in [2.24, 2.45) is 0 Å². The Morgan fingerprint density at radius 2 is 2.05 bits per heavy atom. The number of nitrogens with one attached hydrogen (secondary N) is 1. The van der Waals surface area contributed by atoms with Crippen molar-refractivity contribution in [3.8, 4) is 5.75 Å². The molecule has 0 heterocycles. The Labute approximate surface area is 110 Å². The topological polar surface area (TPSA) is 75.6 Å². The lowest BCUT2D eigenvalue weighted by Crippen LogP contribution is -2.46. The number of halogens is 1. The van der Waals surface area contributed by atoms with E-state index >= 15 is 0 Å². The second kappa shape index (κ2) is 6.72. The molecule has 19 heavy (non-hydrogen) atoms. The Kier molecular flexibility index (Phi) is 5.29. The summed E-state index contributed by atoms with van der Waals surface area (Å²) in [7, 11) is 0. The largest absolute Gasteiger partial charge is 0.480 e. The summed E-state index contributed by atoms with van der Waals surface area (Å²) in [5.41, 5.74) is 0. The van der Waals surface area contributed by atoms with Crippen LogP contribution in [0.25, 0.3) is 0 Å². The Morgan fingerprint density at radius 3 is 2.58 bits per heavy atom. The van der Waals surface area contributed by atoms with Gasteiger partial charge in [0.25, 0.3) is 5.91 Å². The van der Waals surface area contributed by atoms with Crippen LogP contribution in [0.4, 0.5) is 4.39 Å². The lowest BCUT2D eigenvalue weighted by Gasteiger charge is -2.18. The summed E-state index contributed by atoms with van der Waals surface area (Å²) in [6, 6.07) is 4.72. The van der Waals surface area contributed by atoms with Crippen molar-refractivity contribution in [2.45, 2.75) is 32.4 Å². The van der Waals surface area contributed by atoms with Gasteiger partial charge >= 0.3 is 5.97 Å². The first kappa shape index (κ1) is 14.9. The van der Waals surface area contributed by atoms with Crippen LogP contribution in [0.1, 0.15) is 20.3 Å². The molecule has 1 aromatic carbocycles.